The third-order valence-corrected chi connectivity index (χ3v) is 4.11. The SMILES string of the molecule is NCCC1(c2cccs2)CCCOC1. The molecule has 0 spiro atoms. The average molecular weight is 211 g/mol. The van der Waals surface area contributed by atoms with Gasteiger partial charge in [-0.05, 0) is 37.3 Å². The quantitative estimate of drug-likeness (QED) is 0.831. The summed E-state index contributed by atoms with van der Waals surface area (Å²) in [6.45, 7) is 2.52. The maximum atomic E-state index is 5.70. The van der Waals surface area contributed by atoms with E-state index < -0.39 is 0 Å². The molecule has 3 heteroatoms. The van der Waals surface area contributed by atoms with Gasteiger partial charge in [-0.25, -0.2) is 0 Å². The van der Waals surface area contributed by atoms with Crippen LogP contribution in [0.25, 0.3) is 0 Å². The van der Waals surface area contributed by atoms with Crippen LogP contribution >= 0.6 is 11.3 Å². The molecule has 0 saturated carbocycles. The second kappa shape index (κ2) is 4.43. The molecule has 1 aromatic rings. The molecule has 0 aliphatic carbocycles. The summed E-state index contributed by atoms with van der Waals surface area (Å²) in [5, 5.41) is 2.14. The van der Waals surface area contributed by atoms with E-state index in [2.05, 4.69) is 17.5 Å². The highest BCUT2D eigenvalue weighted by Gasteiger charge is 2.34. The molecule has 1 fully saturated rings. The molecule has 0 bridgehead atoms. The smallest absolute Gasteiger partial charge is 0.0571 e. The van der Waals surface area contributed by atoms with E-state index in [1.54, 1.807) is 0 Å². The molecule has 14 heavy (non-hydrogen) atoms. The van der Waals surface area contributed by atoms with Crippen LogP contribution in [0.5, 0.6) is 0 Å². The summed E-state index contributed by atoms with van der Waals surface area (Å²) in [6.07, 6.45) is 3.44. The first-order valence-electron chi connectivity index (χ1n) is 5.19. The van der Waals surface area contributed by atoms with Crippen molar-refractivity contribution in [2.45, 2.75) is 24.7 Å². The fourth-order valence-electron chi connectivity index (χ4n) is 2.22. The van der Waals surface area contributed by atoms with Crippen molar-refractivity contribution < 1.29 is 4.74 Å². The maximum Gasteiger partial charge on any atom is 0.0571 e. The Morgan fingerprint density at radius 2 is 2.50 bits per heavy atom. The lowest BCUT2D eigenvalue weighted by atomic mass is 9.78. The Hall–Kier alpha value is -0.380. The first kappa shape index (κ1) is 10.1. The van der Waals surface area contributed by atoms with Crippen molar-refractivity contribution in [3.8, 4) is 0 Å². The molecular formula is C11H17NOS. The van der Waals surface area contributed by atoms with Crippen LogP contribution in [-0.2, 0) is 10.2 Å². The minimum absolute atomic E-state index is 0.223. The van der Waals surface area contributed by atoms with E-state index in [1.807, 2.05) is 11.3 Å². The lowest BCUT2D eigenvalue weighted by Crippen LogP contribution is -2.37. The van der Waals surface area contributed by atoms with Crippen LogP contribution in [0.3, 0.4) is 0 Å². The van der Waals surface area contributed by atoms with E-state index >= 15 is 0 Å². The molecule has 1 saturated heterocycles. The van der Waals surface area contributed by atoms with Crippen molar-refractivity contribution in [3.63, 3.8) is 0 Å². The molecule has 1 aromatic heterocycles. The Bertz CT molecular complexity index is 259. The molecule has 2 N–H and O–H groups in total. The third kappa shape index (κ3) is 1.85. The number of thiophene rings is 1. The van der Waals surface area contributed by atoms with Crippen LogP contribution in [0, 0.1) is 0 Å². The van der Waals surface area contributed by atoms with Gasteiger partial charge in [-0.1, -0.05) is 6.07 Å². The van der Waals surface area contributed by atoms with Gasteiger partial charge in [0.1, 0.15) is 0 Å². The van der Waals surface area contributed by atoms with E-state index in [9.17, 15) is 0 Å². The molecule has 1 atom stereocenters. The second-order valence-electron chi connectivity index (χ2n) is 3.95. The second-order valence-corrected chi connectivity index (χ2v) is 4.90. The summed E-state index contributed by atoms with van der Waals surface area (Å²) in [6, 6.07) is 4.34. The molecular weight excluding hydrogens is 194 g/mol. The lowest BCUT2D eigenvalue weighted by Gasteiger charge is -2.36. The van der Waals surface area contributed by atoms with Crippen LogP contribution in [-0.4, -0.2) is 19.8 Å². The highest BCUT2D eigenvalue weighted by atomic mass is 32.1. The summed E-state index contributed by atoms with van der Waals surface area (Å²) >= 11 is 1.83. The lowest BCUT2D eigenvalue weighted by molar-refractivity contribution is 0.0327. The van der Waals surface area contributed by atoms with Crippen molar-refractivity contribution in [1.82, 2.24) is 0 Å². The van der Waals surface area contributed by atoms with Gasteiger partial charge in [0.25, 0.3) is 0 Å². The van der Waals surface area contributed by atoms with Gasteiger partial charge in [0.05, 0.1) is 6.61 Å². The number of hydrogen-bond acceptors (Lipinski definition) is 3. The predicted octanol–water partition coefficient (Wildman–Crippen LogP) is 2.15. The van der Waals surface area contributed by atoms with Crippen molar-refractivity contribution in [2.75, 3.05) is 19.8 Å². The van der Waals surface area contributed by atoms with Gasteiger partial charge >= 0.3 is 0 Å². The largest absolute Gasteiger partial charge is 0.380 e. The Morgan fingerprint density at radius 1 is 1.57 bits per heavy atom. The van der Waals surface area contributed by atoms with E-state index in [0.717, 1.165) is 32.6 Å². The topological polar surface area (TPSA) is 35.2 Å². The van der Waals surface area contributed by atoms with E-state index in [4.69, 9.17) is 10.5 Å². The summed E-state index contributed by atoms with van der Waals surface area (Å²) in [4.78, 5) is 1.45. The summed E-state index contributed by atoms with van der Waals surface area (Å²) < 4.78 is 5.61. The van der Waals surface area contributed by atoms with Crippen LogP contribution in [0.15, 0.2) is 17.5 Å². The van der Waals surface area contributed by atoms with Crippen molar-refractivity contribution in [3.05, 3.63) is 22.4 Å². The fraction of sp³-hybridized carbons (Fsp3) is 0.636. The Kier molecular flexibility index (Phi) is 3.21. The van der Waals surface area contributed by atoms with Gasteiger partial charge in [0.2, 0.25) is 0 Å². The Labute approximate surface area is 89.1 Å². The number of nitrogens with two attached hydrogens (primary N) is 1. The highest BCUT2D eigenvalue weighted by Crippen LogP contribution is 2.38. The van der Waals surface area contributed by atoms with Gasteiger partial charge in [-0.3, -0.25) is 0 Å². The zero-order valence-corrected chi connectivity index (χ0v) is 9.19. The Balaban J connectivity index is 2.20. The predicted molar refractivity (Wildman–Crippen MR) is 59.7 cm³/mol. The van der Waals surface area contributed by atoms with Crippen LogP contribution in [0.1, 0.15) is 24.1 Å². The molecule has 2 heterocycles. The first-order valence-corrected chi connectivity index (χ1v) is 6.07. The van der Waals surface area contributed by atoms with Crippen molar-refractivity contribution in [1.29, 1.82) is 0 Å². The average Bonchev–Trinajstić information content (AvgIpc) is 2.73. The minimum Gasteiger partial charge on any atom is -0.380 e. The third-order valence-electron chi connectivity index (χ3n) is 2.99. The van der Waals surface area contributed by atoms with Gasteiger partial charge in [-0.2, -0.15) is 0 Å². The molecule has 1 unspecified atom stereocenters. The Morgan fingerprint density at radius 3 is 3.07 bits per heavy atom. The molecule has 2 rings (SSSR count). The monoisotopic (exact) mass is 211 g/mol. The van der Waals surface area contributed by atoms with Crippen molar-refractivity contribution in [2.24, 2.45) is 5.73 Å². The molecule has 0 aromatic carbocycles. The number of hydrogen-bond donors (Lipinski definition) is 1. The number of rotatable bonds is 3. The molecule has 0 radical (unpaired) electrons. The highest BCUT2D eigenvalue weighted by molar-refractivity contribution is 7.10. The standard InChI is InChI=1S/C11H17NOS/c12-6-5-11(4-2-7-13-9-11)10-3-1-8-14-10/h1,3,8H,2,4-7,9,12H2. The summed E-state index contributed by atoms with van der Waals surface area (Å²) in [5.41, 5.74) is 5.92. The normalized spacial score (nSPS) is 27.8. The summed E-state index contributed by atoms with van der Waals surface area (Å²) in [7, 11) is 0. The van der Waals surface area contributed by atoms with E-state index in [-0.39, 0.29) is 5.41 Å². The zero-order chi connectivity index (χ0) is 9.86. The molecule has 78 valence electrons. The van der Waals surface area contributed by atoms with Crippen molar-refractivity contribution >= 4 is 11.3 Å². The van der Waals surface area contributed by atoms with Gasteiger partial charge in [-0.15, -0.1) is 11.3 Å². The zero-order valence-electron chi connectivity index (χ0n) is 8.37. The molecule has 0 amide bonds. The molecule has 2 nitrogen and oxygen atoms in total. The van der Waals surface area contributed by atoms with Gasteiger partial charge in [0.15, 0.2) is 0 Å². The van der Waals surface area contributed by atoms with E-state index in [0.29, 0.717) is 0 Å². The van der Waals surface area contributed by atoms with Crippen LogP contribution in [0.4, 0.5) is 0 Å². The molecule has 1 aliphatic heterocycles. The molecule has 1 aliphatic rings. The summed E-state index contributed by atoms with van der Waals surface area (Å²) in [5.74, 6) is 0. The maximum absolute atomic E-state index is 5.70. The fourth-order valence-corrected chi connectivity index (χ4v) is 3.20. The van der Waals surface area contributed by atoms with E-state index in [1.165, 1.54) is 11.3 Å². The minimum atomic E-state index is 0.223. The van der Waals surface area contributed by atoms with Gasteiger partial charge in [0, 0.05) is 16.9 Å². The number of ether oxygens (including phenoxy) is 1. The first-order chi connectivity index (χ1) is 6.87. The van der Waals surface area contributed by atoms with Crippen LogP contribution in [0.2, 0.25) is 0 Å². The van der Waals surface area contributed by atoms with Crippen LogP contribution < -0.4 is 5.73 Å². The van der Waals surface area contributed by atoms with Gasteiger partial charge < -0.3 is 10.5 Å².